The molecule has 0 spiro atoms. The fourth-order valence-corrected chi connectivity index (χ4v) is 3.37. The van der Waals surface area contributed by atoms with Gasteiger partial charge in [0.05, 0.1) is 0 Å². The molecule has 1 aromatic heterocycles. The van der Waals surface area contributed by atoms with Gasteiger partial charge in [0.1, 0.15) is 0 Å². The Balaban J connectivity index is 2.23. The van der Waals surface area contributed by atoms with E-state index in [1.165, 1.54) is 33.6 Å². The lowest BCUT2D eigenvalue weighted by Gasteiger charge is -2.20. The maximum absolute atomic E-state index is 3.71. The Kier molecular flexibility index (Phi) is 5.38. The highest BCUT2D eigenvalue weighted by molar-refractivity contribution is 7.10. The molecule has 0 radical (unpaired) electrons. The van der Waals surface area contributed by atoms with Crippen LogP contribution in [0, 0.1) is 20.8 Å². The van der Waals surface area contributed by atoms with E-state index >= 15 is 0 Å². The quantitative estimate of drug-likeness (QED) is 0.792. The Hall–Kier alpha value is -1.12. The highest BCUT2D eigenvalue weighted by atomic mass is 32.1. The van der Waals surface area contributed by atoms with Crippen molar-refractivity contribution in [2.75, 3.05) is 6.54 Å². The summed E-state index contributed by atoms with van der Waals surface area (Å²) in [6.45, 7) is 9.91. The van der Waals surface area contributed by atoms with E-state index in [4.69, 9.17) is 0 Å². The first-order chi connectivity index (χ1) is 9.61. The van der Waals surface area contributed by atoms with Gasteiger partial charge in [0.2, 0.25) is 0 Å². The largest absolute Gasteiger partial charge is 0.310 e. The Bertz CT molecular complexity index is 556. The molecule has 0 fully saturated rings. The number of benzene rings is 1. The highest BCUT2D eigenvalue weighted by Gasteiger charge is 2.15. The van der Waals surface area contributed by atoms with Crippen LogP contribution in [-0.4, -0.2) is 6.54 Å². The van der Waals surface area contributed by atoms with Crippen molar-refractivity contribution in [2.45, 2.75) is 46.6 Å². The molecule has 0 aliphatic carbocycles. The molecule has 1 heterocycles. The van der Waals surface area contributed by atoms with Crippen LogP contribution in [0.3, 0.4) is 0 Å². The minimum atomic E-state index is 0.432. The third-order valence-corrected chi connectivity index (χ3v) is 4.71. The van der Waals surface area contributed by atoms with Crippen molar-refractivity contribution in [3.8, 4) is 0 Å². The summed E-state index contributed by atoms with van der Waals surface area (Å²) in [5.41, 5.74) is 5.67. The van der Waals surface area contributed by atoms with Crippen LogP contribution < -0.4 is 5.32 Å². The first-order valence-corrected chi connectivity index (χ1v) is 8.33. The standard InChI is InChI=1S/C18H25NS/c1-5-9-19-18(17-8-10-20-15(17)4)12-16-11-13(2)6-7-14(16)3/h6-8,10-11,18-19H,5,9,12H2,1-4H3. The van der Waals surface area contributed by atoms with E-state index in [1.54, 1.807) is 0 Å². The van der Waals surface area contributed by atoms with E-state index in [9.17, 15) is 0 Å². The van der Waals surface area contributed by atoms with Gasteiger partial charge in [-0.2, -0.15) is 0 Å². The van der Waals surface area contributed by atoms with E-state index < -0.39 is 0 Å². The number of thiophene rings is 1. The van der Waals surface area contributed by atoms with Crippen LogP contribution in [0.15, 0.2) is 29.6 Å². The molecular weight excluding hydrogens is 262 g/mol. The van der Waals surface area contributed by atoms with E-state index in [2.05, 4.69) is 62.7 Å². The molecule has 0 aliphatic rings. The van der Waals surface area contributed by atoms with Crippen molar-refractivity contribution in [2.24, 2.45) is 0 Å². The number of hydrogen-bond acceptors (Lipinski definition) is 2. The monoisotopic (exact) mass is 287 g/mol. The average Bonchev–Trinajstić information content (AvgIpc) is 2.84. The van der Waals surface area contributed by atoms with Crippen LogP contribution in [0.1, 0.15) is 46.5 Å². The lowest BCUT2D eigenvalue weighted by atomic mass is 9.95. The summed E-state index contributed by atoms with van der Waals surface area (Å²) in [4.78, 5) is 1.43. The van der Waals surface area contributed by atoms with Crippen molar-refractivity contribution in [3.05, 3.63) is 56.8 Å². The molecule has 1 aromatic carbocycles. The van der Waals surface area contributed by atoms with Gasteiger partial charge >= 0.3 is 0 Å². The van der Waals surface area contributed by atoms with Gasteiger partial charge < -0.3 is 5.32 Å². The fraction of sp³-hybridized carbons (Fsp3) is 0.444. The van der Waals surface area contributed by atoms with Crippen molar-refractivity contribution in [3.63, 3.8) is 0 Å². The Morgan fingerprint density at radius 3 is 2.60 bits per heavy atom. The van der Waals surface area contributed by atoms with Crippen LogP contribution in [0.4, 0.5) is 0 Å². The molecule has 108 valence electrons. The van der Waals surface area contributed by atoms with Crippen molar-refractivity contribution in [1.82, 2.24) is 5.32 Å². The molecule has 0 amide bonds. The first-order valence-electron chi connectivity index (χ1n) is 7.45. The molecule has 1 N–H and O–H groups in total. The number of hydrogen-bond donors (Lipinski definition) is 1. The van der Waals surface area contributed by atoms with Crippen molar-refractivity contribution < 1.29 is 0 Å². The number of nitrogens with one attached hydrogen (secondary N) is 1. The van der Waals surface area contributed by atoms with Crippen LogP contribution in [-0.2, 0) is 6.42 Å². The van der Waals surface area contributed by atoms with E-state index in [-0.39, 0.29) is 0 Å². The Labute approximate surface area is 127 Å². The van der Waals surface area contributed by atoms with Gasteiger partial charge in [0.25, 0.3) is 0 Å². The van der Waals surface area contributed by atoms with Gasteiger partial charge in [-0.25, -0.2) is 0 Å². The molecular formula is C18H25NS. The zero-order valence-corrected chi connectivity index (χ0v) is 13.8. The average molecular weight is 287 g/mol. The summed E-state index contributed by atoms with van der Waals surface area (Å²) in [5, 5.41) is 5.92. The molecule has 2 aromatic rings. The van der Waals surface area contributed by atoms with Crippen molar-refractivity contribution >= 4 is 11.3 Å². The Morgan fingerprint density at radius 1 is 1.15 bits per heavy atom. The second kappa shape index (κ2) is 7.05. The molecule has 0 bridgehead atoms. The smallest absolute Gasteiger partial charge is 0.0371 e. The third kappa shape index (κ3) is 3.71. The molecule has 2 heteroatoms. The summed E-state index contributed by atoms with van der Waals surface area (Å²) >= 11 is 1.84. The van der Waals surface area contributed by atoms with Crippen LogP contribution in [0.25, 0.3) is 0 Å². The lowest BCUT2D eigenvalue weighted by Crippen LogP contribution is -2.24. The van der Waals surface area contributed by atoms with E-state index in [0.717, 1.165) is 13.0 Å². The van der Waals surface area contributed by atoms with Crippen LogP contribution in [0.2, 0.25) is 0 Å². The third-order valence-electron chi connectivity index (χ3n) is 3.84. The maximum Gasteiger partial charge on any atom is 0.0371 e. The van der Waals surface area contributed by atoms with Gasteiger partial charge in [-0.15, -0.1) is 11.3 Å². The van der Waals surface area contributed by atoms with E-state index in [0.29, 0.717) is 6.04 Å². The normalized spacial score (nSPS) is 12.6. The van der Waals surface area contributed by atoms with Crippen LogP contribution >= 0.6 is 11.3 Å². The summed E-state index contributed by atoms with van der Waals surface area (Å²) in [5.74, 6) is 0. The molecule has 2 rings (SSSR count). The minimum absolute atomic E-state index is 0.432. The van der Waals surface area contributed by atoms with Gasteiger partial charge in [0.15, 0.2) is 0 Å². The molecule has 0 saturated heterocycles. The molecule has 1 unspecified atom stereocenters. The Morgan fingerprint density at radius 2 is 1.95 bits per heavy atom. The molecule has 0 aliphatic heterocycles. The lowest BCUT2D eigenvalue weighted by molar-refractivity contribution is 0.528. The second-order valence-corrected chi connectivity index (χ2v) is 6.69. The van der Waals surface area contributed by atoms with Crippen molar-refractivity contribution in [1.29, 1.82) is 0 Å². The second-order valence-electron chi connectivity index (χ2n) is 5.57. The summed E-state index contributed by atoms with van der Waals surface area (Å²) in [7, 11) is 0. The van der Waals surface area contributed by atoms with Gasteiger partial charge in [-0.3, -0.25) is 0 Å². The number of aryl methyl sites for hydroxylation is 3. The zero-order chi connectivity index (χ0) is 14.5. The number of rotatable bonds is 6. The fourth-order valence-electron chi connectivity index (χ4n) is 2.61. The van der Waals surface area contributed by atoms with Crippen LogP contribution in [0.5, 0.6) is 0 Å². The summed E-state index contributed by atoms with van der Waals surface area (Å²) in [6, 6.07) is 9.48. The summed E-state index contributed by atoms with van der Waals surface area (Å²) in [6.07, 6.45) is 2.25. The molecule has 20 heavy (non-hydrogen) atoms. The topological polar surface area (TPSA) is 12.0 Å². The highest BCUT2D eigenvalue weighted by Crippen LogP contribution is 2.27. The van der Waals surface area contributed by atoms with Gasteiger partial charge in [-0.1, -0.05) is 30.7 Å². The minimum Gasteiger partial charge on any atom is -0.310 e. The zero-order valence-electron chi connectivity index (χ0n) is 13.0. The molecule has 0 saturated carbocycles. The predicted octanol–water partition coefficient (Wildman–Crippen LogP) is 4.96. The summed E-state index contributed by atoms with van der Waals surface area (Å²) < 4.78 is 0. The van der Waals surface area contributed by atoms with E-state index in [1.807, 2.05) is 11.3 Å². The predicted molar refractivity (Wildman–Crippen MR) is 89.7 cm³/mol. The maximum atomic E-state index is 3.71. The van der Waals surface area contributed by atoms with Gasteiger partial charge in [-0.05, 0) is 68.3 Å². The molecule has 1 atom stereocenters. The SMILES string of the molecule is CCCNC(Cc1cc(C)ccc1C)c1ccsc1C. The first kappa shape index (κ1) is 15.3. The molecule has 1 nitrogen and oxygen atoms in total. The van der Waals surface area contributed by atoms with Gasteiger partial charge in [0, 0.05) is 10.9 Å².